The van der Waals surface area contributed by atoms with Crippen molar-refractivity contribution < 1.29 is 0 Å². The van der Waals surface area contributed by atoms with E-state index in [0.717, 1.165) is 18.2 Å². The van der Waals surface area contributed by atoms with E-state index in [9.17, 15) is 0 Å². The van der Waals surface area contributed by atoms with Crippen molar-refractivity contribution in [2.75, 3.05) is 6.54 Å². The van der Waals surface area contributed by atoms with Crippen LogP contribution >= 0.6 is 11.5 Å². The van der Waals surface area contributed by atoms with Gasteiger partial charge in [0.25, 0.3) is 0 Å². The van der Waals surface area contributed by atoms with Crippen molar-refractivity contribution in [3.05, 3.63) is 46.5 Å². The van der Waals surface area contributed by atoms with Crippen LogP contribution in [0.1, 0.15) is 55.0 Å². The van der Waals surface area contributed by atoms with Crippen molar-refractivity contribution >= 4 is 11.5 Å². The molecule has 0 saturated heterocycles. The van der Waals surface area contributed by atoms with Gasteiger partial charge in [0.15, 0.2) is 0 Å². The second-order valence-corrected chi connectivity index (χ2v) is 5.69. The van der Waals surface area contributed by atoms with Gasteiger partial charge in [-0.05, 0) is 48.0 Å². The summed E-state index contributed by atoms with van der Waals surface area (Å²) in [5, 5.41) is 9.86. The highest BCUT2D eigenvalue weighted by atomic mass is 32.1. The number of rotatable bonds is 5. The summed E-state index contributed by atoms with van der Waals surface area (Å²) in [5.41, 5.74) is 3.91. The molecule has 0 bridgehead atoms. The summed E-state index contributed by atoms with van der Waals surface area (Å²) in [6, 6.07) is 8.98. The largest absolute Gasteiger partial charge is 0.305 e. The lowest BCUT2D eigenvalue weighted by atomic mass is 9.77. The van der Waals surface area contributed by atoms with E-state index in [1.54, 1.807) is 0 Å². The summed E-state index contributed by atoms with van der Waals surface area (Å²) in [7, 11) is 0. The van der Waals surface area contributed by atoms with Gasteiger partial charge in [-0.1, -0.05) is 42.1 Å². The zero-order chi connectivity index (χ0) is 13.1. The molecule has 0 amide bonds. The number of hydrogen-bond acceptors (Lipinski definition) is 4. The normalized spacial score (nSPS) is 17.1. The van der Waals surface area contributed by atoms with Crippen LogP contribution < -0.4 is 5.32 Å². The molecule has 1 heterocycles. The summed E-state index contributed by atoms with van der Waals surface area (Å²) < 4.78 is 4.01. The fourth-order valence-electron chi connectivity index (χ4n) is 2.74. The summed E-state index contributed by atoms with van der Waals surface area (Å²) in [4.78, 5) is 0. The summed E-state index contributed by atoms with van der Waals surface area (Å²) in [6.45, 7) is 3.07. The molecule has 1 saturated carbocycles. The van der Waals surface area contributed by atoms with Gasteiger partial charge in [0.1, 0.15) is 0 Å². The Balaban J connectivity index is 1.97. The molecule has 100 valence electrons. The number of aromatic nitrogens is 2. The quantitative estimate of drug-likeness (QED) is 0.906. The predicted molar refractivity (Wildman–Crippen MR) is 78.5 cm³/mol. The van der Waals surface area contributed by atoms with Crippen molar-refractivity contribution in [2.45, 2.75) is 38.1 Å². The second kappa shape index (κ2) is 5.80. The average Bonchev–Trinajstić information content (AvgIpc) is 2.88. The van der Waals surface area contributed by atoms with Crippen molar-refractivity contribution in [3.8, 4) is 0 Å². The zero-order valence-electron chi connectivity index (χ0n) is 11.2. The Kier molecular flexibility index (Phi) is 3.89. The molecule has 0 aliphatic heterocycles. The summed E-state index contributed by atoms with van der Waals surface area (Å²) in [6.07, 6.45) is 4.01. The molecule has 1 aromatic carbocycles. The molecular formula is C15H19N3S. The summed E-state index contributed by atoms with van der Waals surface area (Å²) in [5.74, 6) is 0.740. The van der Waals surface area contributed by atoms with Gasteiger partial charge < -0.3 is 5.32 Å². The first-order valence-corrected chi connectivity index (χ1v) is 7.83. The molecule has 2 aromatic rings. The third kappa shape index (κ3) is 2.55. The first-order valence-electron chi connectivity index (χ1n) is 6.99. The summed E-state index contributed by atoms with van der Waals surface area (Å²) >= 11 is 1.42. The van der Waals surface area contributed by atoms with Crippen LogP contribution in [0, 0.1) is 0 Å². The van der Waals surface area contributed by atoms with E-state index in [0.29, 0.717) is 0 Å². The molecular weight excluding hydrogens is 254 g/mol. The maximum absolute atomic E-state index is 4.26. The van der Waals surface area contributed by atoms with Gasteiger partial charge in [-0.15, -0.1) is 5.10 Å². The molecule has 3 rings (SSSR count). The Morgan fingerprint density at radius 1 is 1.37 bits per heavy atom. The van der Waals surface area contributed by atoms with Crippen LogP contribution in [0.15, 0.2) is 29.6 Å². The van der Waals surface area contributed by atoms with E-state index in [4.69, 9.17) is 0 Å². The molecule has 3 nitrogen and oxygen atoms in total. The minimum atomic E-state index is 0.181. The molecule has 0 spiro atoms. The number of hydrogen-bond donors (Lipinski definition) is 1. The Labute approximate surface area is 118 Å². The van der Waals surface area contributed by atoms with E-state index >= 15 is 0 Å². The third-order valence-corrected chi connectivity index (χ3v) is 4.46. The first kappa shape index (κ1) is 12.8. The van der Waals surface area contributed by atoms with E-state index < -0.39 is 0 Å². The molecule has 4 heteroatoms. The van der Waals surface area contributed by atoms with Crippen molar-refractivity contribution in [1.29, 1.82) is 0 Å². The van der Waals surface area contributed by atoms with Crippen LogP contribution in [0.4, 0.5) is 0 Å². The maximum atomic E-state index is 4.26. The fraction of sp³-hybridized carbons (Fsp3) is 0.467. The van der Waals surface area contributed by atoms with E-state index in [-0.39, 0.29) is 6.04 Å². The van der Waals surface area contributed by atoms with Crippen LogP contribution in [0.25, 0.3) is 0 Å². The van der Waals surface area contributed by atoms with Crippen LogP contribution in [-0.2, 0) is 0 Å². The first-order chi connectivity index (χ1) is 9.40. The highest BCUT2D eigenvalue weighted by molar-refractivity contribution is 7.03. The van der Waals surface area contributed by atoms with Gasteiger partial charge in [-0.2, -0.15) is 0 Å². The van der Waals surface area contributed by atoms with Crippen molar-refractivity contribution in [2.24, 2.45) is 0 Å². The molecule has 1 aromatic heterocycles. The van der Waals surface area contributed by atoms with Gasteiger partial charge >= 0.3 is 0 Å². The topological polar surface area (TPSA) is 37.8 Å². The zero-order valence-corrected chi connectivity index (χ0v) is 12.0. The molecule has 1 aliphatic carbocycles. The van der Waals surface area contributed by atoms with E-state index in [1.165, 1.54) is 41.9 Å². The molecule has 1 aliphatic rings. The van der Waals surface area contributed by atoms with Gasteiger partial charge in [0.05, 0.1) is 11.7 Å². The van der Waals surface area contributed by atoms with E-state index in [2.05, 4.69) is 46.1 Å². The lowest BCUT2D eigenvalue weighted by Gasteiger charge is -2.30. The lowest BCUT2D eigenvalue weighted by molar-refractivity contribution is 0.414. The van der Waals surface area contributed by atoms with Crippen LogP contribution in [0.2, 0.25) is 0 Å². The SMILES string of the molecule is CCNC(c1csnn1)c1ccccc1C1CCC1. The number of nitrogens with zero attached hydrogens (tertiary/aromatic N) is 2. The highest BCUT2D eigenvalue weighted by Crippen LogP contribution is 2.40. The highest BCUT2D eigenvalue weighted by Gasteiger charge is 2.26. The average molecular weight is 273 g/mol. The smallest absolute Gasteiger partial charge is 0.0970 e. The van der Waals surface area contributed by atoms with Crippen LogP contribution in [0.5, 0.6) is 0 Å². The predicted octanol–water partition coefficient (Wildman–Crippen LogP) is 3.50. The minimum absolute atomic E-state index is 0.181. The minimum Gasteiger partial charge on any atom is -0.305 e. The second-order valence-electron chi connectivity index (χ2n) is 5.08. The van der Waals surface area contributed by atoms with Crippen LogP contribution in [0.3, 0.4) is 0 Å². The Morgan fingerprint density at radius 2 is 2.21 bits per heavy atom. The molecule has 1 atom stereocenters. The maximum Gasteiger partial charge on any atom is 0.0970 e. The lowest BCUT2D eigenvalue weighted by Crippen LogP contribution is -2.25. The van der Waals surface area contributed by atoms with Gasteiger partial charge in [-0.3, -0.25) is 0 Å². The monoisotopic (exact) mass is 273 g/mol. The fourth-order valence-corrected chi connectivity index (χ4v) is 3.22. The Bertz CT molecular complexity index is 520. The number of nitrogens with one attached hydrogen (secondary N) is 1. The molecule has 1 fully saturated rings. The van der Waals surface area contributed by atoms with Crippen LogP contribution in [-0.4, -0.2) is 16.1 Å². The Hall–Kier alpha value is -1.26. The third-order valence-electron chi connectivity index (χ3n) is 3.93. The molecule has 1 N–H and O–H groups in total. The Morgan fingerprint density at radius 3 is 2.84 bits per heavy atom. The van der Waals surface area contributed by atoms with Crippen molar-refractivity contribution in [3.63, 3.8) is 0 Å². The number of benzene rings is 1. The van der Waals surface area contributed by atoms with Gasteiger partial charge in [-0.25, -0.2) is 0 Å². The van der Waals surface area contributed by atoms with Crippen molar-refractivity contribution in [1.82, 2.24) is 14.9 Å². The standard InChI is InChI=1S/C15H19N3S/c1-2-16-15(14-10-19-18-17-14)13-9-4-3-8-12(13)11-6-5-7-11/h3-4,8-11,15-16H,2,5-7H2,1H3. The van der Waals surface area contributed by atoms with Gasteiger partial charge in [0, 0.05) is 5.38 Å². The molecule has 0 radical (unpaired) electrons. The van der Waals surface area contributed by atoms with Gasteiger partial charge in [0.2, 0.25) is 0 Å². The van der Waals surface area contributed by atoms with E-state index in [1.807, 2.05) is 5.38 Å². The molecule has 1 unspecified atom stereocenters. The molecule has 19 heavy (non-hydrogen) atoms.